The van der Waals surface area contributed by atoms with Gasteiger partial charge in [-0.25, -0.2) is 0 Å². The predicted molar refractivity (Wildman–Crippen MR) is 247 cm³/mol. The molecule has 0 aliphatic rings. The van der Waals surface area contributed by atoms with Crippen LogP contribution in [0.15, 0.2) is 48.5 Å². The van der Waals surface area contributed by atoms with Gasteiger partial charge in [0, 0.05) is 13.1 Å². The zero-order valence-corrected chi connectivity index (χ0v) is 38.2. The molecule has 0 spiro atoms. The molecule has 0 aliphatic heterocycles. The summed E-state index contributed by atoms with van der Waals surface area (Å²) in [5.74, 6) is -0.232. The summed E-state index contributed by atoms with van der Waals surface area (Å²) in [5, 5.41) is 0. The van der Waals surface area contributed by atoms with Crippen molar-refractivity contribution in [2.24, 2.45) is 0 Å². The summed E-state index contributed by atoms with van der Waals surface area (Å²) in [5.41, 5.74) is 4.20. The van der Waals surface area contributed by atoms with Gasteiger partial charge in [-0.15, -0.1) is 0 Å². The standard InChI is InChI=1S/C52H88N2O4/c1-5-9-13-17-21-25-39-53(40-26-22-18-14-10-6-2)43-37-51(55)57-45-47-29-33-49(34-30-47)50-35-31-48(32-36-50)46-58-52(56)38-44-54(41-27-23-19-15-11-7-3)42-28-24-20-16-12-8-4/h29-36H,5-28,37-46H2,1-4H3. The van der Waals surface area contributed by atoms with Crippen LogP contribution in [0.1, 0.15) is 206 Å². The van der Waals surface area contributed by atoms with E-state index in [-0.39, 0.29) is 11.9 Å². The molecule has 2 aromatic rings. The Labute approximate surface area is 357 Å². The lowest BCUT2D eigenvalue weighted by Gasteiger charge is -2.22. The molecule has 0 amide bonds. The van der Waals surface area contributed by atoms with E-state index in [0.29, 0.717) is 26.1 Å². The lowest BCUT2D eigenvalue weighted by atomic mass is 10.0. The first-order chi connectivity index (χ1) is 28.5. The third-order valence-corrected chi connectivity index (χ3v) is 11.6. The van der Waals surface area contributed by atoms with E-state index in [1.54, 1.807) is 0 Å². The van der Waals surface area contributed by atoms with Crippen LogP contribution in [0, 0.1) is 0 Å². The Morgan fingerprint density at radius 2 is 0.621 bits per heavy atom. The molecule has 0 heterocycles. The third kappa shape index (κ3) is 27.1. The van der Waals surface area contributed by atoms with Crippen LogP contribution in [0.3, 0.4) is 0 Å². The molecule has 0 aliphatic carbocycles. The van der Waals surface area contributed by atoms with E-state index in [1.165, 1.54) is 154 Å². The zero-order chi connectivity index (χ0) is 41.7. The van der Waals surface area contributed by atoms with E-state index in [9.17, 15) is 9.59 Å². The van der Waals surface area contributed by atoms with Crippen LogP contribution < -0.4 is 0 Å². The second kappa shape index (κ2) is 36.2. The quantitative estimate of drug-likeness (QED) is 0.0495. The molecule has 0 saturated heterocycles. The van der Waals surface area contributed by atoms with Crippen molar-refractivity contribution in [1.82, 2.24) is 9.80 Å². The van der Waals surface area contributed by atoms with E-state index in [0.717, 1.165) is 61.5 Å². The highest BCUT2D eigenvalue weighted by Crippen LogP contribution is 2.21. The average molecular weight is 805 g/mol. The van der Waals surface area contributed by atoms with Gasteiger partial charge in [-0.3, -0.25) is 9.59 Å². The molecule has 6 heteroatoms. The SMILES string of the molecule is CCCCCCCCN(CCCCCCCC)CCC(=O)OCc1ccc(-c2ccc(COC(=O)CCN(CCCCCCCC)CCCCCCCC)cc2)cc1. The van der Waals surface area contributed by atoms with Crippen molar-refractivity contribution in [3.05, 3.63) is 59.7 Å². The van der Waals surface area contributed by atoms with Gasteiger partial charge >= 0.3 is 11.9 Å². The van der Waals surface area contributed by atoms with Crippen LogP contribution in [0.4, 0.5) is 0 Å². The number of benzene rings is 2. The van der Waals surface area contributed by atoms with E-state index >= 15 is 0 Å². The van der Waals surface area contributed by atoms with E-state index in [4.69, 9.17) is 9.47 Å². The summed E-state index contributed by atoms with van der Waals surface area (Å²) >= 11 is 0. The number of carbonyl (C=O) groups excluding carboxylic acids is 2. The van der Waals surface area contributed by atoms with Crippen molar-refractivity contribution in [1.29, 1.82) is 0 Å². The normalized spacial score (nSPS) is 11.5. The third-order valence-electron chi connectivity index (χ3n) is 11.6. The minimum atomic E-state index is -0.116. The molecule has 0 unspecified atom stereocenters. The molecule has 0 aromatic heterocycles. The monoisotopic (exact) mass is 805 g/mol. The lowest BCUT2D eigenvalue weighted by molar-refractivity contribution is -0.146. The van der Waals surface area contributed by atoms with Gasteiger partial charge in [0.15, 0.2) is 0 Å². The maximum atomic E-state index is 12.8. The van der Waals surface area contributed by atoms with Crippen LogP contribution in [0.5, 0.6) is 0 Å². The summed E-state index contributed by atoms with van der Waals surface area (Å²) in [6.45, 7) is 15.6. The molecular formula is C52H88N2O4. The lowest BCUT2D eigenvalue weighted by Crippen LogP contribution is -2.29. The minimum absolute atomic E-state index is 0.116. The average Bonchev–Trinajstić information content (AvgIpc) is 3.24. The number of hydrogen-bond acceptors (Lipinski definition) is 6. The van der Waals surface area contributed by atoms with Crippen molar-refractivity contribution < 1.29 is 19.1 Å². The molecule has 0 bridgehead atoms. The van der Waals surface area contributed by atoms with Gasteiger partial charge in [-0.05, 0) is 74.1 Å². The van der Waals surface area contributed by atoms with Crippen molar-refractivity contribution in [2.75, 3.05) is 39.3 Å². The number of nitrogens with zero attached hydrogens (tertiary/aromatic N) is 2. The molecule has 0 atom stereocenters. The van der Waals surface area contributed by atoms with Gasteiger partial charge in [0.1, 0.15) is 13.2 Å². The van der Waals surface area contributed by atoms with E-state index in [2.05, 4.69) is 61.8 Å². The van der Waals surface area contributed by atoms with Crippen LogP contribution >= 0.6 is 0 Å². The summed E-state index contributed by atoms with van der Waals surface area (Å²) in [6, 6.07) is 16.5. The van der Waals surface area contributed by atoms with E-state index in [1.807, 2.05) is 24.3 Å². The number of carbonyl (C=O) groups is 2. The first-order valence-electron chi connectivity index (χ1n) is 24.4. The molecule has 58 heavy (non-hydrogen) atoms. The molecule has 0 saturated carbocycles. The number of esters is 2. The Hall–Kier alpha value is -2.70. The summed E-state index contributed by atoms with van der Waals surface area (Å²) < 4.78 is 11.4. The van der Waals surface area contributed by atoms with Crippen LogP contribution in [-0.2, 0) is 32.3 Å². The molecular weight excluding hydrogens is 717 g/mol. The highest BCUT2D eigenvalue weighted by Gasteiger charge is 2.12. The maximum Gasteiger partial charge on any atom is 0.307 e. The number of ether oxygens (including phenoxy) is 2. The fraction of sp³-hybridized carbons (Fsp3) is 0.731. The molecule has 2 rings (SSSR count). The molecule has 330 valence electrons. The van der Waals surface area contributed by atoms with Gasteiger partial charge in [0.05, 0.1) is 12.8 Å². The minimum Gasteiger partial charge on any atom is -0.461 e. The largest absolute Gasteiger partial charge is 0.461 e. The maximum absolute atomic E-state index is 12.8. The Morgan fingerprint density at radius 3 is 0.897 bits per heavy atom. The number of hydrogen-bond donors (Lipinski definition) is 0. The van der Waals surface area contributed by atoms with Crippen LogP contribution in [-0.4, -0.2) is 61.0 Å². The fourth-order valence-electron chi connectivity index (χ4n) is 7.69. The molecule has 0 N–H and O–H groups in total. The van der Waals surface area contributed by atoms with Crippen molar-refractivity contribution in [3.8, 4) is 11.1 Å². The zero-order valence-electron chi connectivity index (χ0n) is 38.2. The first-order valence-corrected chi connectivity index (χ1v) is 24.4. The van der Waals surface area contributed by atoms with E-state index < -0.39 is 0 Å². The number of unbranched alkanes of at least 4 members (excludes halogenated alkanes) is 20. The van der Waals surface area contributed by atoms with Gasteiger partial charge < -0.3 is 19.3 Å². The predicted octanol–water partition coefficient (Wildman–Crippen LogP) is 14.3. The summed E-state index contributed by atoms with van der Waals surface area (Å²) in [6.07, 6.45) is 32.0. The molecule has 0 fully saturated rings. The van der Waals surface area contributed by atoms with Crippen LogP contribution in [0.2, 0.25) is 0 Å². The van der Waals surface area contributed by atoms with Crippen molar-refractivity contribution in [2.45, 2.75) is 208 Å². The Morgan fingerprint density at radius 1 is 0.362 bits per heavy atom. The highest BCUT2D eigenvalue weighted by molar-refractivity contribution is 5.70. The van der Waals surface area contributed by atoms with Gasteiger partial charge in [-0.1, -0.05) is 205 Å². The van der Waals surface area contributed by atoms with Crippen molar-refractivity contribution in [3.63, 3.8) is 0 Å². The smallest absolute Gasteiger partial charge is 0.307 e. The van der Waals surface area contributed by atoms with Crippen molar-refractivity contribution >= 4 is 11.9 Å². The second-order valence-corrected chi connectivity index (χ2v) is 17.0. The topological polar surface area (TPSA) is 59.1 Å². The van der Waals surface area contributed by atoms with Gasteiger partial charge in [0.25, 0.3) is 0 Å². The summed E-state index contributed by atoms with van der Waals surface area (Å²) in [7, 11) is 0. The first kappa shape index (κ1) is 51.4. The Bertz CT molecular complexity index is 1120. The molecule has 0 radical (unpaired) electrons. The van der Waals surface area contributed by atoms with Gasteiger partial charge in [0.2, 0.25) is 0 Å². The molecule has 6 nitrogen and oxygen atoms in total. The van der Waals surface area contributed by atoms with Gasteiger partial charge in [-0.2, -0.15) is 0 Å². The summed E-state index contributed by atoms with van der Waals surface area (Å²) in [4.78, 5) is 30.5. The molecule has 2 aromatic carbocycles. The fourth-order valence-corrected chi connectivity index (χ4v) is 7.69. The number of rotatable bonds is 39. The Kier molecular flexibility index (Phi) is 32.1. The highest BCUT2D eigenvalue weighted by atomic mass is 16.5. The second-order valence-electron chi connectivity index (χ2n) is 17.0. The van der Waals surface area contributed by atoms with Crippen LogP contribution in [0.25, 0.3) is 11.1 Å². The Balaban J connectivity index is 1.75.